The Kier molecular flexibility index (Phi) is 6.19. The van der Waals surface area contributed by atoms with Gasteiger partial charge >= 0.3 is 0 Å². The number of hydrogen-bond donors (Lipinski definition) is 1. The van der Waals surface area contributed by atoms with E-state index in [0.717, 1.165) is 26.4 Å². The Morgan fingerprint density at radius 1 is 0.971 bits per heavy atom. The highest BCUT2D eigenvalue weighted by molar-refractivity contribution is 7.15. The molecule has 0 bridgehead atoms. The van der Waals surface area contributed by atoms with Gasteiger partial charge in [0.05, 0.1) is 28.1 Å². The lowest BCUT2D eigenvalue weighted by Gasteiger charge is -2.68. The third-order valence-electron chi connectivity index (χ3n) is 7.85. The normalized spacial score (nSPS) is 20.6. The average Bonchev–Trinajstić information content (AvgIpc) is 3.16. The second-order valence-corrected chi connectivity index (χ2v) is 12.3. The fourth-order valence-corrected chi connectivity index (χ4v) is 5.45. The Hall–Kier alpha value is -1.90. The van der Waals surface area contributed by atoms with Gasteiger partial charge < -0.3 is 15.0 Å². The molecule has 1 aliphatic rings. The summed E-state index contributed by atoms with van der Waals surface area (Å²) in [5.41, 5.74) is 1.78. The smallest absolute Gasteiger partial charge is 0.239 e. The molecule has 1 amide bonds. The fourth-order valence-electron chi connectivity index (χ4n) is 4.69. The number of aryl methyl sites for hydroxylation is 1. The van der Waals surface area contributed by atoms with Crippen LogP contribution >= 0.6 is 11.3 Å². The van der Waals surface area contributed by atoms with Crippen molar-refractivity contribution in [2.45, 2.75) is 28.4 Å². The molecule has 4 rings (SSSR count). The predicted molar refractivity (Wildman–Crippen MR) is 161 cm³/mol. The minimum absolute atomic E-state index is 0.108. The number of ether oxygens (including phenoxy) is 1. The number of fused-ring (bicyclic) bond motifs is 1. The molecule has 1 aliphatic heterocycles. The SMILES string of the molecule is BC1(B)OC(B)(B)C(B)(B)N(CC(=O)Nc2cc3cc(-c4cnc(C)s4)cnc3cn2)C1(B)B. The topological polar surface area (TPSA) is 80.2 Å². The van der Waals surface area contributed by atoms with Crippen LogP contribution in [0.2, 0.25) is 0 Å². The molecule has 0 aliphatic carbocycles. The van der Waals surface area contributed by atoms with Crippen LogP contribution in [0.1, 0.15) is 5.01 Å². The van der Waals surface area contributed by atoms with Crippen LogP contribution in [-0.2, 0) is 9.53 Å². The Labute approximate surface area is 212 Å². The molecule has 7 nitrogen and oxygen atoms in total. The van der Waals surface area contributed by atoms with E-state index in [1.54, 1.807) is 17.5 Å². The van der Waals surface area contributed by atoms with Crippen LogP contribution < -0.4 is 5.32 Å². The van der Waals surface area contributed by atoms with Crippen molar-refractivity contribution < 1.29 is 9.53 Å². The van der Waals surface area contributed by atoms with Gasteiger partial charge in [0.15, 0.2) is 0 Å². The number of carbonyl (C=O) groups is 1. The number of pyridine rings is 2. The predicted octanol–water partition coefficient (Wildman–Crippen LogP) is -5.99. The molecule has 16 heteroatoms. The number of anilines is 1. The highest BCUT2D eigenvalue weighted by atomic mass is 32.1. The summed E-state index contributed by atoms with van der Waals surface area (Å²) in [6.07, 6.45) is 5.39. The van der Waals surface area contributed by atoms with Crippen molar-refractivity contribution in [3.8, 4) is 10.4 Å². The lowest BCUT2D eigenvalue weighted by molar-refractivity contribution is -0.131. The van der Waals surface area contributed by atoms with Crippen molar-refractivity contribution in [1.29, 1.82) is 0 Å². The molecule has 0 aromatic carbocycles. The Morgan fingerprint density at radius 2 is 1.62 bits per heavy atom. The van der Waals surface area contributed by atoms with Crippen LogP contribution in [0, 0.1) is 6.92 Å². The quantitative estimate of drug-likeness (QED) is 0.388. The third-order valence-corrected chi connectivity index (χ3v) is 8.81. The van der Waals surface area contributed by atoms with Gasteiger partial charge in [0.2, 0.25) is 5.91 Å². The molecule has 1 saturated heterocycles. The first-order valence-corrected chi connectivity index (χ1v) is 12.4. The van der Waals surface area contributed by atoms with E-state index in [4.69, 9.17) is 4.74 Å². The van der Waals surface area contributed by atoms with Crippen LogP contribution in [0.5, 0.6) is 0 Å². The maximum atomic E-state index is 13.2. The molecule has 166 valence electrons. The zero-order valence-electron chi connectivity index (χ0n) is 21.6. The van der Waals surface area contributed by atoms with E-state index < -0.39 is 10.8 Å². The van der Waals surface area contributed by atoms with Crippen LogP contribution in [0.25, 0.3) is 21.3 Å². The van der Waals surface area contributed by atoms with Crippen molar-refractivity contribution in [3.05, 3.63) is 35.7 Å². The van der Waals surface area contributed by atoms with E-state index in [2.05, 4.69) is 94.0 Å². The Bertz CT molecular complexity index is 1240. The molecule has 3 aromatic heterocycles. The molecular weight excluding hydrogens is 437 g/mol. The molecule has 0 unspecified atom stereocenters. The maximum absolute atomic E-state index is 13.2. The number of thiazole rings is 1. The first-order chi connectivity index (χ1) is 15.6. The number of amides is 1. The summed E-state index contributed by atoms with van der Waals surface area (Å²) in [5, 5.41) is 3.32. The van der Waals surface area contributed by atoms with Crippen molar-refractivity contribution in [3.63, 3.8) is 0 Å². The summed E-state index contributed by atoms with van der Waals surface area (Å²) in [4.78, 5) is 29.9. The standard InChI is InChI=1S/C18H27B8N5O2S/c1-8-27-6-12(34-8)10-2-9-3-13(29-5-11(9)28-4-10)30-14(32)7-31-15(19,20)17(23,24)33-18(25,26)16(31,21)22/h2-6H,7,19-26H2,1H3,(H,29,30,32). The zero-order valence-corrected chi connectivity index (χ0v) is 22.4. The lowest BCUT2D eigenvalue weighted by atomic mass is 9.30. The molecule has 0 radical (unpaired) electrons. The summed E-state index contributed by atoms with van der Waals surface area (Å²) in [5.74, 6) is 0.406. The number of aromatic nitrogens is 3. The van der Waals surface area contributed by atoms with Gasteiger partial charge in [-0.1, -0.05) is 0 Å². The lowest BCUT2D eigenvalue weighted by Crippen LogP contribution is -2.86. The van der Waals surface area contributed by atoms with Crippen LogP contribution in [0.4, 0.5) is 5.82 Å². The Morgan fingerprint density at radius 3 is 2.21 bits per heavy atom. The van der Waals surface area contributed by atoms with E-state index in [0.29, 0.717) is 5.82 Å². The molecule has 0 saturated carbocycles. The highest BCUT2D eigenvalue weighted by Crippen LogP contribution is 2.39. The molecule has 0 atom stereocenters. The molecule has 4 heterocycles. The fraction of sp³-hybridized carbons (Fsp3) is 0.333. The van der Waals surface area contributed by atoms with Gasteiger partial charge in [0.1, 0.15) is 68.6 Å². The van der Waals surface area contributed by atoms with E-state index in [-0.39, 0.29) is 23.1 Å². The van der Waals surface area contributed by atoms with E-state index in [9.17, 15) is 4.79 Å². The van der Waals surface area contributed by atoms with E-state index in [1.165, 1.54) is 0 Å². The van der Waals surface area contributed by atoms with E-state index in [1.807, 2.05) is 25.4 Å². The van der Waals surface area contributed by atoms with Gasteiger partial charge in [-0.25, -0.2) is 9.97 Å². The van der Waals surface area contributed by atoms with Crippen molar-refractivity contribution >= 4 is 96.7 Å². The van der Waals surface area contributed by atoms with Gasteiger partial charge in [0.25, 0.3) is 0 Å². The van der Waals surface area contributed by atoms with E-state index >= 15 is 0 Å². The maximum Gasteiger partial charge on any atom is 0.239 e. The minimum Gasteiger partial charge on any atom is -0.403 e. The Balaban J connectivity index is 1.58. The second-order valence-electron chi connectivity index (χ2n) is 11.1. The van der Waals surface area contributed by atoms with Crippen molar-refractivity contribution in [2.75, 3.05) is 11.9 Å². The number of morpholine rings is 1. The second kappa shape index (κ2) is 8.35. The van der Waals surface area contributed by atoms with Crippen LogP contribution in [0.15, 0.2) is 30.7 Å². The molecule has 1 N–H and O–H groups in total. The van der Waals surface area contributed by atoms with Gasteiger partial charge in [0, 0.05) is 34.1 Å². The number of hydrogen-bond acceptors (Lipinski definition) is 7. The third kappa shape index (κ3) is 4.29. The monoisotopic (exact) mass is 465 g/mol. The summed E-state index contributed by atoms with van der Waals surface area (Å²) in [6, 6.07) is 3.94. The molecule has 1 fully saturated rings. The minimum atomic E-state index is -0.440. The van der Waals surface area contributed by atoms with Gasteiger partial charge in [-0.2, -0.15) is 0 Å². The van der Waals surface area contributed by atoms with Crippen LogP contribution in [0.3, 0.4) is 0 Å². The number of carbonyl (C=O) groups excluding carboxylic acids is 1. The summed E-state index contributed by atoms with van der Waals surface area (Å²) in [7, 11) is 16.9. The first kappa shape index (κ1) is 25.2. The number of nitrogens with zero attached hydrogens (tertiary/aromatic N) is 4. The van der Waals surface area contributed by atoms with Crippen molar-refractivity contribution in [1.82, 2.24) is 19.9 Å². The molecular formula is C18H27B8N5O2S. The summed E-state index contributed by atoms with van der Waals surface area (Å²) < 4.78 is 6.52. The largest absolute Gasteiger partial charge is 0.403 e. The molecule has 0 spiro atoms. The molecule has 3 aromatic rings. The van der Waals surface area contributed by atoms with Gasteiger partial charge in [-0.05, 0) is 29.7 Å². The number of nitrogens with one attached hydrogen (secondary N) is 1. The number of rotatable bonds is 4. The van der Waals surface area contributed by atoms with Gasteiger partial charge in [-0.3, -0.25) is 9.78 Å². The van der Waals surface area contributed by atoms with Crippen LogP contribution in [-0.4, -0.2) is 117 Å². The summed E-state index contributed by atoms with van der Waals surface area (Å²) >= 11 is 1.63. The van der Waals surface area contributed by atoms with Crippen molar-refractivity contribution in [2.24, 2.45) is 0 Å². The molecule has 34 heavy (non-hydrogen) atoms. The van der Waals surface area contributed by atoms with Gasteiger partial charge in [-0.15, -0.1) is 11.3 Å². The highest BCUT2D eigenvalue weighted by Gasteiger charge is 2.58. The summed E-state index contributed by atoms with van der Waals surface area (Å²) in [6.45, 7) is 2.22. The first-order valence-electron chi connectivity index (χ1n) is 11.6. The zero-order chi connectivity index (χ0) is 25.1. The average molecular weight is 464 g/mol.